The van der Waals surface area contributed by atoms with Crippen LogP contribution >= 0.6 is 0 Å². The van der Waals surface area contributed by atoms with Gasteiger partial charge in [-0.25, -0.2) is 0 Å². The molecule has 0 heterocycles. The number of aldehydes is 1. The van der Waals surface area contributed by atoms with Crippen molar-refractivity contribution in [3.05, 3.63) is 29.8 Å². The van der Waals surface area contributed by atoms with Gasteiger partial charge in [-0.15, -0.1) is 0 Å². The smallest absolute Gasteiger partial charge is 0.146 e. The van der Waals surface area contributed by atoms with E-state index in [1.807, 2.05) is 0 Å². The van der Waals surface area contributed by atoms with Crippen LogP contribution in [-0.4, -0.2) is 23.1 Å². The number of benzene rings is 1. The Morgan fingerprint density at radius 3 is 2.36 bits per heavy atom. The van der Waals surface area contributed by atoms with Gasteiger partial charge < -0.3 is 9.90 Å². The molecule has 0 bridgehead atoms. The molecule has 3 nitrogen and oxygen atoms in total. The molecule has 1 rings (SSSR count). The molecule has 0 radical (unpaired) electrons. The summed E-state index contributed by atoms with van der Waals surface area (Å²) in [5, 5.41) is 9.03. The number of carbonyl (C=O) groups excluding carboxylic acids is 1. The molecular weight excluding hydrogens is 178 g/mol. The first kappa shape index (κ1) is 10.4. The number of carbonyl (C=O) groups is 1. The van der Waals surface area contributed by atoms with Crippen molar-refractivity contribution >= 4 is 12.5 Å². The van der Waals surface area contributed by atoms with E-state index in [9.17, 15) is 4.79 Å². The van der Waals surface area contributed by atoms with Gasteiger partial charge in [-0.05, 0) is 43.7 Å². The highest BCUT2D eigenvalue weighted by Gasteiger charge is 2.11. The normalized spacial score (nSPS) is 11.9. The van der Waals surface area contributed by atoms with Crippen molar-refractivity contribution in [2.45, 2.75) is 19.4 Å². The van der Waals surface area contributed by atoms with Gasteiger partial charge >= 0.3 is 0 Å². The molecule has 0 amide bonds. The summed E-state index contributed by atoms with van der Waals surface area (Å²) in [4.78, 5) is 14.6. The largest absolute Gasteiger partial charge is 0.508 e. The highest BCUT2D eigenvalue weighted by Crippen LogP contribution is 2.09. The highest BCUT2D eigenvalue weighted by molar-refractivity contribution is 5.82. The van der Waals surface area contributed by atoms with Gasteiger partial charge in [0.1, 0.15) is 17.6 Å². The Labute approximate surface area is 83.1 Å². The van der Waals surface area contributed by atoms with E-state index in [2.05, 4.69) is 4.99 Å². The van der Waals surface area contributed by atoms with Crippen molar-refractivity contribution < 1.29 is 9.90 Å². The Bertz CT molecular complexity index is 339. The number of nitrogens with zero attached hydrogens (tertiary/aromatic N) is 1. The first-order valence-corrected chi connectivity index (χ1v) is 4.34. The number of phenols is 1. The van der Waals surface area contributed by atoms with Crippen LogP contribution in [0.4, 0.5) is 0 Å². The van der Waals surface area contributed by atoms with Crippen molar-refractivity contribution in [1.82, 2.24) is 0 Å². The highest BCUT2D eigenvalue weighted by atomic mass is 16.3. The third-order valence-corrected chi connectivity index (χ3v) is 1.73. The summed E-state index contributed by atoms with van der Waals surface area (Å²) < 4.78 is 0. The summed E-state index contributed by atoms with van der Waals surface area (Å²) in [5.74, 6) is 0.219. The van der Waals surface area contributed by atoms with Crippen LogP contribution in [0.2, 0.25) is 0 Å². The molecular formula is C11H13NO2. The van der Waals surface area contributed by atoms with Gasteiger partial charge in [0, 0.05) is 6.21 Å². The number of aliphatic imine (C=N–C) groups is 1. The zero-order valence-corrected chi connectivity index (χ0v) is 8.27. The topological polar surface area (TPSA) is 49.7 Å². The zero-order valence-electron chi connectivity index (χ0n) is 8.27. The summed E-state index contributed by atoms with van der Waals surface area (Å²) >= 11 is 0. The summed E-state index contributed by atoms with van der Waals surface area (Å²) in [5.41, 5.74) is 0.176. The van der Waals surface area contributed by atoms with E-state index in [0.717, 1.165) is 11.8 Å². The maximum absolute atomic E-state index is 10.5. The van der Waals surface area contributed by atoms with Gasteiger partial charge in [0.05, 0.1) is 0 Å². The first-order valence-electron chi connectivity index (χ1n) is 4.34. The average Bonchev–Trinajstić information content (AvgIpc) is 2.17. The molecule has 0 aromatic heterocycles. The van der Waals surface area contributed by atoms with E-state index in [0.29, 0.717) is 0 Å². The van der Waals surface area contributed by atoms with Crippen molar-refractivity contribution in [2.24, 2.45) is 4.99 Å². The SMILES string of the molecule is CC(C)(C=O)/N=C\c1ccc(O)cc1. The van der Waals surface area contributed by atoms with E-state index in [-0.39, 0.29) is 5.75 Å². The third kappa shape index (κ3) is 3.01. The summed E-state index contributed by atoms with van der Waals surface area (Å²) in [6, 6.07) is 6.63. The second-order valence-electron chi connectivity index (χ2n) is 3.62. The van der Waals surface area contributed by atoms with Crippen molar-refractivity contribution in [3.8, 4) is 5.75 Å². The second kappa shape index (κ2) is 4.05. The first-order chi connectivity index (χ1) is 6.53. The molecule has 0 fully saturated rings. The lowest BCUT2D eigenvalue weighted by atomic mass is 10.1. The fraction of sp³-hybridized carbons (Fsp3) is 0.273. The molecule has 0 atom stereocenters. The molecule has 0 aliphatic heterocycles. The Morgan fingerprint density at radius 1 is 1.29 bits per heavy atom. The van der Waals surface area contributed by atoms with Crippen LogP contribution in [0.1, 0.15) is 19.4 Å². The van der Waals surface area contributed by atoms with E-state index in [1.165, 1.54) is 0 Å². The number of phenolic OH excluding ortho intramolecular Hbond substituents is 1. The van der Waals surface area contributed by atoms with Crippen molar-refractivity contribution in [3.63, 3.8) is 0 Å². The lowest BCUT2D eigenvalue weighted by Crippen LogP contribution is -2.18. The van der Waals surface area contributed by atoms with Crippen LogP contribution < -0.4 is 0 Å². The summed E-state index contributed by atoms with van der Waals surface area (Å²) in [7, 11) is 0. The minimum absolute atomic E-state index is 0.219. The fourth-order valence-corrected chi connectivity index (χ4v) is 0.832. The van der Waals surface area contributed by atoms with Gasteiger partial charge in [0.2, 0.25) is 0 Å². The predicted octanol–water partition coefficient (Wildman–Crippen LogP) is 1.79. The van der Waals surface area contributed by atoms with E-state index in [4.69, 9.17) is 5.11 Å². The van der Waals surface area contributed by atoms with Gasteiger partial charge in [0.25, 0.3) is 0 Å². The number of hydrogen-bond donors (Lipinski definition) is 1. The zero-order chi connectivity index (χ0) is 10.6. The minimum atomic E-state index is -0.683. The fourth-order valence-electron chi connectivity index (χ4n) is 0.832. The lowest BCUT2D eigenvalue weighted by molar-refractivity contribution is -0.111. The van der Waals surface area contributed by atoms with Crippen LogP contribution in [0.3, 0.4) is 0 Å². The molecule has 0 saturated heterocycles. The van der Waals surface area contributed by atoms with Crippen LogP contribution in [-0.2, 0) is 4.79 Å². The molecule has 14 heavy (non-hydrogen) atoms. The Morgan fingerprint density at radius 2 is 1.86 bits per heavy atom. The van der Waals surface area contributed by atoms with Crippen LogP contribution in [0, 0.1) is 0 Å². The van der Waals surface area contributed by atoms with Crippen molar-refractivity contribution in [1.29, 1.82) is 0 Å². The molecule has 1 N–H and O–H groups in total. The van der Waals surface area contributed by atoms with Gasteiger partial charge in [-0.1, -0.05) is 0 Å². The standard InChI is InChI=1S/C11H13NO2/c1-11(2,8-13)12-7-9-3-5-10(14)6-4-9/h3-8,14H,1-2H3/b12-7-. The summed E-state index contributed by atoms with van der Waals surface area (Å²) in [6.07, 6.45) is 2.41. The number of aromatic hydroxyl groups is 1. The van der Waals surface area contributed by atoms with Crippen LogP contribution in [0.15, 0.2) is 29.3 Å². The molecule has 1 aromatic carbocycles. The Balaban J connectivity index is 2.78. The number of rotatable bonds is 3. The van der Waals surface area contributed by atoms with Crippen molar-refractivity contribution in [2.75, 3.05) is 0 Å². The summed E-state index contributed by atoms with van der Waals surface area (Å²) in [6.45, 7) is 3.47. The molecule has 0 aliphatic carbocycles. The maximum atomic E-state index is 10.5. The monoisotopic (exact) mass is 191 g/mol. The third-order valence-electron chi connectivity index (χ3n) is 1.73. The molecule has 3 heteroatoms. The molecule has 0 unspecified atom stereocenters. The molecule has 0 spiro atoms. The Hall–Kier alpha value is -1.64. The average molecular weight is 191 g/mol. The second-order valence-corrected chi connectivity index (χ2v) is 3.62. The van der Waals surface area contributed by atoms with Gasteiger partial charge in [-0.3, -0.25) is 4.99 Å². The molecule has 74 valence electrons. The van der Waals surface area contributed by atoms with Crippen LogP contribution in [0.25, 0.3) is 0 Å². The van der Waals surface area contributed by atoms with E-state index >= 15 is 0 Å². The Kier molecular flexibility index (Phi) is 3.02. The minimum Gasteiger partial charge on any atom is -0.508 e. The quantitative estimate of drug-likeness (QED) is 0.585. The van der Waals surface area contributed by atoms with Gasteiger partial charge in [0.15, 0.2) is 0 Å². The van der Waals surface area contributed by atoms with Gasteiger partial charge in [-0.2, -0.15) is 0 Å². The number of hydrogen-bond acceptors (Lipinski definition) is 3. The molecule has 1 aromatic rings. The van der Waals surface area contributed by atoms with E-state index in [1.54, 1.807) is 44.3 Å². The van der Waals surface area contributed by atoms with E-state index < -0.39 is 5.54 Å². The predicted molar refractivity (Wildman–Crippen MR) is 55.8 cm³/mol. The molecule has 0 saturated carbocycles. The maximum Gasteiger partial charge on any atom is 0.146 e. The lowest BCUT2D eigenvalue weighted by Gasteiger charge is -2.08. The molecule has 0 aliphatic rings. The van der Waals surface area contributed by atoms with Crippen LogP contribution in [0.5, 0.6) is 5.75 Å².